The van der Waals surface area contributed by atoms with Gasteiger partial charge in [-0.15, -0.1) is 0 Å². The molecular formula is C11H16N2O. The Hall–Kier alpha value is -1.38. The van der Waals surface area contributed by atoms with Gasteiger partial charge >= 0.3 is 0 Å². The minimum absolute atomic E-state index is 0.0923. The molecule has 1 heterocycles. The van der Waals surface area contributed by atoms with Gasteiger partial charge in [-0.05, 0) is 25.8 Å². The predicted molar refractivity (Wildman–Crippen MR) is 56.3 cm³/mol. The van der Waals surface area contributed by atoms with E-state index in [0.29, 0.717) is 5.56 Å². The van der Waals surface area contributed by atoms with Gasteiger partial charge in [0.2, 0.25) is 0 Å². The van der Waals surface area contributed by atoms with Crippen LogP contribution in [0.4, 0.5) is 0 Å². The van der Waals surface area contributed by atoms with Crippen LogP contribution in [-0.4, -0.2) is 15.6 Å². The zero-order valence-corrected chi connectivity index (χ0v) is 8.95. The lowest BCUT2D eigenvalue weighted by molar-refractivity contribution is 0.103. The number of allylic oxidation sites excluding steroid dienone is 2. The Morgan fingerprint density at radius 3 is 2.71 bits per heavy atom. The van der Waals surface area contributed by atoms with Gasteiger partial charge in [-0.1, -0.05) is 13.0 Å². The Balaban J connectivity index is 2.89. The molecule has 1 aromatic heterocycles. The molecule has 0 spiro atoms. The van der Waals surface area contributed by atoms with Crippen LogP contribution >= 0.6 is 0 Å². The summed E-state index contributed by atoms with van der Waals surface area (Å²) < 4.78 is 1.76. The van der Waals surface area contributed by atoms with E-state index >= 15 is 0 Å². The van der Waals surface area contributed by atoms with E-state index in [9.17, 15) is 4.79 Å². The van der Waals surface area contributed by atoms with E-state index in [0.717, 1.165) is 18.5 Å². The summed E-state index contributed by atoms with van der Waals surface area (Å²) in [5.74, 6) is 0.0923. The highest BCUT2D eigenvalue weighted by molar-refractivity contribution is 6.08. The Morgan fingerprint density at radius 2 is 2.29 bits per heavy atom. The summed E-state index contributed by atoms with van der Waals surface area (Å²) in [6, 6.07) is 0. The highest BCUT2D eigenvalue weighted by atomic mass is 16.1. The normalized spacial score (nSPS) is 11.8. The molecular weight excluding hydrogens is 176 g/mol. The standard InChI is InChI=1S/C11H16N2O/c1-4-9(5-2)11(14)10-7-12-13(6-3)8-10/h4,7-8H,5-6H2,1-3H3. The van der Waals surface area contributed by atoms with Crippen LogP contribution in [0.5, 0.6) is 0 Å². The molecule has 0 N–H and O–H groups in total. The number of nitrogens with zero attached hydrogens (tertiary/aromatic N) is 2. The van der Waals surface area contributed by atoms with Crippen molar-refractivity contribution in [2.75, 3.05) is 0 Å². The van der Waals surface area contributed by atoms with Crippen molar-refractivity contribution in [3.8, 4) is 0 Å². The van der Waals surface area contributed by atoms with Gasteiger partial charge in [-0.25, -0.2) is 0 Å². The van der Waals surface area contributed by atoms with Crippen LogP contribution in [-0.2, 0) is 6.54 Å². The first-order valence-electron chi connectivity index (χ1n) is 4.95. The number of aromatic nitrogens is 2. The lowest BCUT2D eigenvalue weighted by atomic mass is 10.0. The molecule has 0 atom stereocenters. The minimum Gasteiger partial charge on any atom is -0.289 e. The zero-order valence-electron chi connectivity index (χ0n) is 8.95. The second kappa shape index (κ2) is 4.74. The van der Waals surface area contributed by atoms with E-state index in [2.05, 4.69) is 5.10 Å². The smallest absolute Gasteiger partial charge is 0.191 e. The molecule has 0 unspecified atom stereocenters. The van der Waals surface area contributed by atoms with Crippen LogP contribution < -0.4 is 0 Å². The van der Waals surface area contributed by atoms with E-state index in [1.165, 1.54) is 0 Å². The molecule has 0 radical (unpaired) electrons. The molecule has 0 aromatic carbocycles. The highest BCUT2D eigenvalue weighted by Crippen LogP contribution is 2.10. The predicted octanol–water partition coefficient (Wildman–Crippen LogP) is 2.44. The first-order valence-corrected chi connectivity index (χ1v) is 4.95. The van der Waals surface area contributed by atoms with Gasteiger partial charge in [0.15, 0.2) is 5.78 Å². The SMILES string of the molecule is CC=C(CC)C(=O)c1cnn(CC)c1. The average molecular weight is 192 g/mol. The van der Waals surface area contributed by atoms with E-state index < -0.39 is 0 Å². The van der Waals surface area contributed by atoms with E-state index in [1.807, 2.05) is 26.8 Å². The lowest BCUT2D eigenvalue weighted by Gasteiger charge is -1.99. The molecule has 0 aliphatic carbocycles. The van der Waals surface area contributed by atoms with Crippen molar-refractivity contribution >= 4 is 5.78 Å². The van der Waals surface area contributed by atoms with Crippen molar-refractivity contribution in [2.24, 2.45) is 0 Å². The van der Waals surface area contributed by atoms with E-state index in [-0.39, 0.29) is 5.78 Å². The second-order valence-electron chi connectivity index (χ2n) is 3.08. The fraction of sp³-hybridized carbons (Fsp3) is 0.455. The monoisotopic (exact) mass is 192 g/mol. The fourth-order valence-electron chi connectivity index (χ4n) is 1.33. The second-order valence-corrected chi connectivity index (χ2v) is 3.08. The number of hydrogen-bond acceptors (Lipinski definition) is 2. The maximum absolute atomic E-state index is 11.8. The van der Waals surface area contributed by atoms with E-state index in [1.54, 1.807) is 17.1 Å². The van der Waals surface area contributed by atoms with Crippen molar-refractivity contribution in [2.45, 2.75) is 33.7 Å². The zero-order chi connectivity index (χ0) is 10.6. The summed E-state index contributed by atoms with van der Waals surface area (Å²) in [6.07, 6.45) is 6.06. The quantitative estimate of drug-likeness (QED) is 0.542. The summed E-state index contributed by atoms with van der Waals surface area (Å²) in [5, 5.41) is 4.08. The molecule has 76 valence electrons. The Kier molecular flexibility index (Phi) is 3.63. The summed E-state index contributed by atoms with van der Waals surface area (Å²) in [7, 11) is 0. The van der Waals surface area contributed by atoms with Crippen LogP contribution in [0.1, 0.15) is 37.6 Å². The summed E-state index contributed by atoms with van der Waals surface area (Å²) in [5.41, 5.74) is 1.53. The molecule has 1 aromatic rings. The highest BCUT2D eigenvalue weighted by Gasteiger charge is 2.11. The Labute approximate surface area is 84.4 Å². The van der Waals surface area contributed by atoms with Gasteiger partial charge < -0.3 is 0 Å². The molecule has 0 aliphatic rings. The maximum atomic E-state index is 11.8. The third kappa shape index (κ3) is 2.10. The molecule has 0 aliphatic heterocycles. The average Bonchev–Trinajstić information content (AvgIpc) is 2.67. The first-order chi connectivity index (χ1) is 6.72. The molecule has 14 heavy (non-hydrogen) atoms. The largest absolute Gasteiger partial charge is 0.289 e. The molecule has 3 heteroatoms. The van der Waals surface area contributed by atoms with Crippen LogP contribution in [0.3, 0.4) is 0 Å². The Morgan fingerprint density at radius 1 is 1.57 bits per heavy atom. The molecule has 0 amide bonds. The summed E-state index contributed by atoms with van der Waals surface area (Å²) in [6.45, 7) is 6.67. The van der Waals surface area contributed by atoms with Crippen molar-refractivity contribution in [3.63, 3.8) is 0 Å². The van der Waals surface area contributed by atoms with Gasteiger partial charge in [0, 0.05) is 12.7 Å². The maximum Gasteiger partial charge on any atom is 0.191 e. The molecule has 0 fully saturated rings. The van der Waals surface area contributed by atoms with Crippen molar-refractivity contribution in [1.29, 1.82) is 0 Å². The molecule has 3 nitrogen and oxygen atoms in total. The fourth-order valence-corrected chi connectivity index (χ4v) is 1.33. The number of carbonyl (C=O) groups excluding carboxylic acids is 1. The third-order valence-electron chi connectivity index (χ3n) is 2.24. The van der Waals surface area contributed by atoms with Gasteiger partial charge in [0.05, 0.1) is 11.8 Å². The minimum atomic E-state index is 0.0923. The van der Waals surface area contributed by atoms with Gasteiger partial charge in [-0.3, -0.25) is 9.48 Å². The lowest BCUT2D eigenvalue weighted by Crippen LogP contribution is -2.01. The van der Waals surface area contributed by atoms with Crippen molar-refractivity contribution < 1.29 is 4.79 Å². The summed E-state index contributed by atoms with van der Waals surface area (Å²) >= 11 is 0. The Bertz CT molecular complexity index is 350. The van der Waals surface area contributed by atoms with Crippen molar-refractivity contribution in [3.05, 3.63) is 29.6 Å². The van der Waals surface area contributed by atoms with Gasteiger partial charge in [-0.2, -0.15) is 5.10 Å². The van der Waals surface area contributed by atoms with Gasteiger partial charge in [0.25, 0.3) is 0 Å². The van der Waals surface area contributed by atoms with Gasteiger partial charge in [0.1, 0.15) is 0 Å². The number of rotatable bonds is 4. The summed E-state index contributed by atoms with van der Waals surface area (Å²) in [4.78, 5) is 11.8. The number of Topliss-reactive ketones (excluding diaryl/α,β-unsaturated/α-hetero) is 1. The number of ketones is 1. The van der Waals surface area contributed by atoms with Crippen LogP contribution in [0.15, 0.2) is 24.0 Å². The van der Waals surface area contributed by atoms with Crippen molar-refractivity contribution in [1.82, 2.24) is 9.78 Å². The van der Waals surface area contributed by atoms with E-state index in [4.69, 9.17) is 0 Å². The molecule has 1 rings (SSSR count). The topological polar surface area (TPSA) is 34.9 Å². The molecule has 0 saturated heterocycles. The number of hydrogen-bond donors (Lipinski definition) is 0. The number of aryl methyl sites for hydroxylation is 1. The van der Waals surface area contributed by atoms with Crippen LogP contribution in [0, 0.1) is 0 Å². The van der Waals surface area contributed by atoms with Crippen LogP contribution in [0.25, 0.3) is 0 Å². The third-order valence-corrected chi connectivity index (χ3v) is 2.24. The van der Waals surface area contributed by atoms with Crippen LogP contribution in [0.2, 0.25) is 0 Å². The number of carbonyl (C=O) groups is 1. The molecule has 0 saturated carbocycles. The first kappa shape index (κ1) is 10.7. The molecule has 0 bridgehead atoms.